The maximum atomic E-state index is 13.6. The molecular weight excluding hydrogens is 297 g/mol. The Bertz CT molecular complexity index is 715. The second kappa shape index (κ2) is 7.54. The molecule has 23 heavy (non-hydrogen) atoms. The first-order valence-electron chi connectivity index (χ1n) is 7.34. The summed E-state index contributed by atoms with van der Waals surface area (Å²) < 4.78 is 19.1. The van der Waals surface area contributed by atoms with Gasteiger partial charge >= 0.3 is 0 Å². The van der Waals surface area contributed by atoms with Crippen LogP contribution in [-0.2, 0) is 4.79 Å². The van der Waals surface area contributed by atoms with Gasteiger partial charge < -0.3 is 10.1 Å². The largest absolute Gasteiger partial charge is 0.478 e. The fourth-order valence-corrected chi connectivity index (χ4v) is 2.05. The van der Waals surface area contributed by atoms with Gasteiger partial charge in [-0.15, -0.1) is 0 Å². The Morgan fingerprint density at radius 1 is 1.17 bits per heavy atom. The number of Topliss-reactive ketones (excluding diaryl/α,β-unsaturated/α-hetero) is 1. The molecule has 0 bridgehead atoms. The summed E-state index contributed by atoms with van der Waals surface area (Å²) in [7, 11) is 0. The standard InChI is InChI=1S/C18H18FNO3/c1-3-16(23-17-10-5-4-9-15(17)19)18(22)20-14-8-6-7-13(11-14)12(2)21/h4-11,16H,3H2,1-2H3,(H,20,22). The summed E-state index contributed by atoms with van der Waals surface area (Å²) in [5, 5.41) is 2.69. The average Bonchev–Trinajstić information content (AvgIpc) is 2.54. The van der Waals surface area contributed by atoms with Gasteiger partial charge in [0, 0.05) is 11.3 Å². The molecule has 2 aromatic rings. The van der Waals surface area contributed by atoms with Crippen molar-refractivity contribution in [3.05, 3.63) is 59.9 Å². The van der Waals surface area contributed by atoms with Gasteiger partial charge in [-0.2, -0.15) is 0 Å². The van der Waals surface area contributed by atoms with Crippen molar-refractivity contribution in [3.8, 4) is 5.75 Å². The number of hydrogen-bond acceptors (Lipinski definition) is 3. The van der Waals surface area contributed by atoms with Crippen LogP contribution in [0.15, 0.2) is 48.5 Å². The lowest BCUT2D eigenvalue weighted by molar-refractivity contribution is -0.122. The molecule has 0 aromatic heterocycles. The molecule has 0 spiro atoms. The van der Waals surface area contributed by atoms with E-state index >= 15 is 0 Å². The minimum Gasteiger partial charge on any atom is -0.478 e. The predicted octanol–water partition coefficient (Wildman–Crippen LogP) is 3.82. The predicted molar refractivity (Wildman–Crippen MR) is 86.2 cm³/mol. The number of amides is 1. The van der Waals surface area contributed by atoms with Gasteiger partial charge in [0.05, 0.1) is 0 Å². The van der Waals surface area contributed by atoms with E-state index in [4.69, 9.17) is 4.74 Å². The second-order valence-corrected chi connectivity index (χ2v) is 5.07. The average molecular weight is 315 g/mol. The molecule has 4 nitrogen and oxygen atoms in total. The van der Waals surface area contributed by atoms with Crippen molar-refractivity contribution in [2.45, 2.75) is 26.4 Å². The van der Waals surface area contributed by atoms with Gasteiger partial charge in [0.15, 0.2) is 23.5 Å². The van der Waals surface area contributed by atoms with Crippen LogP contribution >= 0.6 is 0 Å². The first-order valence-corrected chi connectivity index (χ1v) is 7.34. The first-order chi connectivity index (χ1) is 11.0. The minimum absolute atomic E-state index is 0.0342. The van der Waals surface area contributed by atoms with Gasteiger partial charge in [-0.25, -0.2) is 4.39 Å². The number of benzene rings is 2. The fourth-order valence-electron chi connectivity index (χ4n) is 2.05. The third kappa shape index (κ3) is 4.39. The lowest BCUT2D eigenvalue weighted by Gasteiger charge is -2.17. The summed E-state index contributed by atoms with van der Waals surface area (Å²) in [4.78, 5) is 23.7. The second-order valence-electron chi connectivity index (χ2n) is 5.07. The zero-order valence-electron chi connectivity index (χ0n) is 13.0. The highest BCUT2D eigenvalue weighted by Crippen LogP contribution is 2.19. The molecule has 0 heterocycles. The van der Waals surface area contributed by atoms with E-state index in [2.05, 4.69) is 5.32 Å². The molecule has 5 heteroatoms. The number of nitrogens with one attached hydrogen (secondary N) is 1. The number of rotatable bonds is 6. The fraction of sp³-hybridized carbons (Fsp3) is 0.222. The monoisotopic (exact) mass is 315 g/mol. The van der Waals surface area contributed by atoms with E-state index in [1.807, 2.05) is 0 Å². The number of para-hydroxylation sites is 1. The molecule has 0 aliphatic heterocycles. The molecule has 0 saturated heterocycles. The van der Waals surface area contributed by atoms with Gasteiger partial charge in [-0.1, -0.05) is 31.2 Å². The number of ether oxygens (including phenoxy) is 1. The quantitative estimate of drug-likeness (QED) is 0.824. The molecule has 1 unspecified atom stereocenters. The maximum absolute atomic E-state index is 13.6. The third-order valence-corrected chi connectivity index (χ3v) is 3.31. The van der Waals surface area contributed by atoms with Crippen LogP contribution in [0.4, 0.5) is 10.1 Å². The molecular formula is C18H18FNO3. The molecule has 0 radical (unpaired) electrons. The number of carbonyl (C=O) groups is 2. The summed E-state index contributed by atoms with van der Waals surface area (Å²) in [6.45, 7) is 3.23. The minimum atomic E-state index is -0.826. The molecule has 2 rings (SSSR count). The van der Waals surface area contributed by atoms with Crippen molar-refractivity contribution < 1.29 is 18.7 Å². The van der Waals surface area contributed by atoms with Gasteiger partial charge in [-0.05, 0) is 37.6 Å². The van der Waals surface area contributed by atoms with Crippen LogP contribution in [0.25, 0.3) is 0 Å². The van der Waals surface area contributed by atoms with Crippen molar-refractivity contribution in [3.63, 3.8) is 0 Å². The van der Waals surface area contributed by atoms with Crippen LogP contribution in [0.2, 0.25) is 0 Å². The number of ketones is 1. The molecule has 120 valence electrons. The van der Waals surface area contributed by atoms with E-state index in [1.54, 1.807) is 43.3 Å². The molecule has 1 amide bonds. The van der Waals surface area contributed by atoms with E-state index in [0.717, 1.165) is 0 Å². The van der Waals surface area contributed by atoms with Crippen LogP contribution in [0, 0.1) is 5.82 Å². The van der Waals surface area contributed by atoms with Crippen LogP contribution in [0.3, 0.4) is 0 Å². The van der Waals surface area contributed by atoms with Crippen molar-refractivity contribution >= 4 is 17.4 Å². The normalized spacial score (nSPS) is 11.6. The number of carbonyl (C=O) groups excluding carboxylic acids is 2. The van der Waals surface area contributed by atoms with Crippen molar-refractivity contribution in [1.82, 2.24) is 0 Å². The highest BCUT2D eigenvalue weighted by molar-refractivity contribution is 5.98. The topological polar surface area (TPSA) is 55.4 Å². The summed E-state index contributed by atoms with van der Waals surface area (Å²) in [6, 6.07) is 12.6. The van der Waals surface area contributed by atoms with Crippen molar-refractivity contribution in [1.29, 1.82) is 0 Å². The summed E-state index contributed by atoms with van der Waals surface area (Å²) in [6.07, 6.45) is -0.445. The van der Waals surface area contributed by atoms with Crippen molar-refractivity contribution in [2.75, 3.05) is 5.32 Å². The highest BCUT2D eigenvalue weighted by Gasteiger charge is 2.20. The Morgan fingerprint density at radius 3 is 2.57 bits per heavy atom. The van der Waals surface area contributed by atoms with Gasteiger partial charge in [0.1, 0.15) is 0 Å². The Kier molecular flexibility index (Phi) is 5.46. The molecule has 0 aliphatic rings. The third-order valence-electron chi connectivity index (χ3n) is 3.31. The first kappa shape index (κ1) is 16.7. The maximum Gasteiger partial charge on any atom is 0.265 e. The lowest BCUT2D eigenvalue weighted by atomic mass is 10.1. The summed E-state index contributed by atoms with van der Waals surface area (Å²) >= 11 is 0. The van der Waals surface area contributed by atoms with E-state index in [1.165, 1.54) is 19.1 Å². The van der Waals surface area contributed by atoms with Gasteiger partial charge in [-0.3, -0.25) is 9.59 Å². The Labute approximate surface area is 134 Å². The SMILES string of the molecule is CCC(Oc1ccccc1F)C(=O)Nc1cccc(C(C)=O)c1. The Morgan fingerprint density at radius 2 is 1.91 bits per heavy atom. The molecule has 1 atom stereocenters. The van der Waals surface area contributed by atoms with Crippen LogP contribution < -0.4 is 10.1 Å². The van der Waals surface area contributed by atoms with Crippen molar-refractivity contribution in [2.24, 2.45) is 0 Å². The zero-order chi connectivity index (χ0) is 16.8. The molecule has 0 saturated carbocycles. The van der Waals surface area contributed by atoms with E-state index in [-0.39, 0.29) is 11.5 Å². The smallest absolute Gasteiger partial charge is 0.265 e. The van der Waals surface area contributed by atoms with E-state index < -0.39 is 17.8 Å². The van der Waals surface area contributed by atoms with Crippen LogP contribution in [-0.4, -0.2) is 17.8 Å². The van der Waals surface area contributed by atoms with E-state index in [9.17, 15) is 14.0 Å². The lowest BCUT2D eigenvalue weighted by Crippen LogP contribution is -2.32. The highest BCUT2D eigenvalue weighted by atomic mass is 19.1. The molecule has 0 aliphatic carbocycles. The number of hydrogen-bond donors (Lipinski definition) is 1. The zero-order valence-corrected chi connectivity index (χ0v) is 13.0. The van der Waals surface area contributed by atoms with E-state index in [0.29, 0.717) is 17.7 Å². The summed E-state index contributed by atoms with van der Waals surface area (Å²) in [5.74, 6) is -0.962. The Balaban J connectivity index is 2.10. The molecule has 2 aromatic carbocycles. The molecule has 1 N–H and O–H groups in total. The summed E-state index contributed by atoms with van der Waals surface area (Å²) in [5.41, 5.74) is 1.00. The Hall–Kier alpha value is -2.69. The number of halogens is 1. The van der Waals surface area contributed by atoms with Crippen LogP contribution in [0.1, 0.15) is 30.6 Å². The number of anilines is 1. The van der Waals surface area contributed by atoms with Gasteiger partial charge in [0.2, 0.25) is 0 Å². The molecule has 0 fully saturated rings. The van der Waals surface area contributed by atoms with Gasteiger partial charge in [0.25, 0.3) is 5.91 Å². The van der Waals surface area contributed by atoms with Crippen LogP contribution in [0.5, 0.6) is 5.75 Å².